The van der Waals surface area contributed by atoms with Crippen LogP contribution in [0.2, 0.25) is 0 Å². The van der Waals surface area contributed by atoms with Crippen LogP contribution in [0, 0.1) is 0 Å². The Hall–Kier alpha value is -2.41. The third-order valence-electron chi connectivity index (χ3n) is 2.90. The molecular weight excluding hydrogens is 348 g/mol. The molecule has 0 aliphatic rings. The van der Waals surface area contributed by atoms with E-state index < -0.39 is 12.1 Å². The Morgan fingerprint density at radius 1 is 1.27 bits per heavy atom. The van der Waals surface area contributed by atoms with E-state index in [1.165, 1.54) is 0 Å². The lowest BCUT2D eigenvalue weighted by atomic mass is 10.0. The largest absolute Gasteiger partial charge is 0.352 e. The summed E-state index contributed by atoms with van der Waals surface area (Å²) in [6.07, 6.45) is 3.23. The van der Waals surface area contributed by atoms with Crippen LogP contribution in [0.4, 0.5) is 10.5 Å². The molecule has 1 atom stereocenters. The summed E-state index contributed by atoms with van der Waals surface area (Å²) in [4.78, 5) is 27.2. The van der Waals surface area contributed by atoms with Crippen molar-refractivity contribution in [2.75, 3.05) is 5.32 Å². The minimum Gasteiger partial charge on any atom is -0.352 e. The Balaban J connectivity index is 2.09. The van der Waals surface area contributed by atoms with Gasteiger partial charge < -0.3 is 16.4 Å². The number of benzene rings is 1. The van der Waals surface area contributed by atoms with Crippen LogP contribution in [0.1, 0.15) is 18.0 Å². The molecule has 2 aromatic rings. The van der Waals surface area contributed by atoms with Crippen LogP contribution >= 0.6 is 15.9 Å². The van der Waals surface area contributed by atoms with Gasteiger partial charge in [0.2, 0.25) is 5.91 Å². The summed E-state index contributed by atoms with van der Waals surface area (Å²) in [6, 6.07) is 9.62. The molecule has 0 fully saturated rings. The molecule has 1 heterocycles. The second-order valence-corrected chi connectivity index (χ2v) is 5.53. The van der Waals surface area contributed by atoms with Crippen molar-refractivity contribution >= 4 is 33.6 Å². The lowest BCUT2D eigenvalue weighted by Crippen LogP contribution is -2.35. The lowest BCUT2D eigenvalue weighted by Gasteiger charge is -2.18. The predicted molar refractivity (Wildman–Crippen MR) is 87.1 cm³/mol. The van der Waals surface area contributed by atoms with Crippen LogP contribution in [0.3, 0.4) is 0 Å². The first kappa shape index (κ1) is 16.0. The SMILES string of the molecule is NC(=O)N[C@H](CC(=O)Nc1cccnc1)c1cccc(Br)c1. The number of halogens is 1. The van der Waals surface area contributed by atoms with Gasteiger partial charge in [-0.15, -0.1) is 0 Å². The minimum absolute atomic E-state index is 0.0638. The van der Waals surface area contributed by atoms with Gasteiger partial charge in [0.25, 0.3) is 0 Å². The average Bonchev–Trinajstić information content (AvgIpc) is 2.47. The van der Waals surface area contributed by atoms with Gasteiger partial charge in [0.1, 0.15) is 0 Å². The molecule has 0 bridgehead atoms. The van der Waals surface area contributed by atoms with Gasteiger partial charge in [0.05, 0.1) is 24.3 Å². The lowest BCUT2D eigenvalue weighted by molar-refractivity contribution is -0.116. The maximum atomic E-state index is 12.1. The Labute approximate surface area is 136 Å². The molecule has 0 spiro atoms. The van der Waals surface area contributed by atoms with Crippen molar-refractivity contribution in [1.29, 1.82) is 0 Å². The average molecular weight is 363 g/mol. The topological polar surface area (TPSA) is 97.1 Å². The minimum atomic E-state index is -0.681. The highest BCUT2D eigenvalue weighted by molar-refractivity contribution is 9.10. The van der Waals surface area contributed by atoms with Gasteiger partial charge in [-0.05, 0) is 29.8 Å². The number of primary amides is 1. The number of nitrogens with two attached hydrogens (primary N) is 1. The number of nitrogens with one attached hydrogen (secondary N) is 2. The summed E-state index contributed by atoms with van der Waals surface area (Å²) >= 11 is 3.36. The fourth-order valence-corrected chi connectivity index (χ4v) is 2.40. The monoisotopic (exact) mass is 362 g/mol. The molecule has 7 heteroatoms. The summed E-state index contributed by atoms with van der Waals surface area (Å²) in [5.74, 6) is -0.244. The molecule has 0 saturated carbocycles. The van der Waals surface area contributed by atoms with E-state index in [2.05, 4.69) is 31.5 Å². The fourth-order valence-electron chi connectivity index (χ4n) is 1.98. The number of aromatic nitrogens is 1. The highest BCUT2D eigenvalue weighted by Crippen LogP contribution is 2.21. The van der Waals surface area contributed by atoms with Gasteiger partial charge in [0.15, 0.2) is 0 Å². The van der Waals surface area contributed by atoms with E-state index in [0.29, 0.717) is 5.69 Å². The zero-order valence-corrected chi connectivity index (χ0v) is 13.2. The highest BCUT2D eigenvalue weighted by atomic mass is 79.9. The molecule has 0 aliphatic carbocycles. The molecule has 22 heavy (non-hydrogen) atoms. The number of pyridine rings is 1. The van der Waals surface area contributed by atoms with E-state index in [-0.39, 0.29) is 12.3 Å². The van der Waals surface area contributed by atoms with Crippen LogP contribution in [-0.2, 0) is 4.79 Å². The molecule has 0 aliphatic heterocycles. The Kier molecular flexibility index (Phi) is 5.48. The normalized spacial score (nSPS) is 11.5. The molecule has 0 radical (unpaired) electrons. The van der Waals surface area contributed by atoms with E-state index in [0.717, 1.165) is 10.0 Å². The van der Waals surface area contributed by atoms with E-state index in [1.807, 2.05) is 24.3 Å². The Bertz CT molecular complexity index is 664. The number of carbonyl (C=O) groups excluding carboxylic acids is 2. The molecule has 114 valence electrons. The Morgan fingerprint density at radius 2 is 2.09 bits per heavy atom. The molecule has 2 rings (SSSR count). The van der Waals surface area contributed by atoms with Crippen LogP contribution in [0.25, 0.3) is 0 Å². The van der Waals surface area contributed by atoms with Gasteiger partial charge in [-0.1, -0.05) is 28.1 Å². The fraction of sp³-hybridized carbons (Fsp3) is 0.133. The summed E-state index contributed by atoms with van der Waals surface area (Å²) < 4.78 is 0.855. The van der Waals surface area contributed by atoms with Crippen molar-refractivity contribution in [3.63, 3.8) is 0 Å². The molecule has 1 aromatic carbocycles. The van der Waals surface area contributed by atoms with Crippen molar-refractivity contribution in [2.24, 2.45) is 5.73 Å². The third kappa shape index (κ3) is 4.85. The van der Waals surface area contributed by atoms with Crippen molar-refractivity contribution in [3.05, 3.63) is 58.8 Å². The number of carbonyl (C=O) groups is 2. The summed E-state index contributed by atoms with van der Waals surface area (Å²) in [7, 11) is 0. The molecule has 0 saturated heterocycles. The number of anilines is 1. The molecular formula is C15H15BrN4O2. The van der Waals surface area contributed by atoms with Crippen molar-refractivity contribution in [3.8, 4) is 0 Å². The van der Waals surface area contributed by atoms with E-state index in [1.54, 1.807) is 24.5 Å². The number of nitrogens with zero attached hydrogens (tertiary/aromatic N) is 1. The first-order chi connectivity index (χ1) is 10.5. The zero-order chi connectivity index (χ0) is 15.9. The molecule has 0 unspecified atom stereocenters. The zero-order valence-electron chi connectivity index (χ0n) is 11.6. The molecule has 6 nitrogen and oxygen atoms in total. The Morgan fingerprint density at radius 3 is 2.73 bits per heavy atom. The van der Waals surface area contributed by atoms with Crippen molar-refractivity contribution in [2.45, 2.75) is 12.5 Å². The van der Waals surface area contributed by atoms with Crippen LogP contribution in [0.5, 0.6) is 0 Å². The predicted octanol–water partition coefficient (Wildman–Crippen LogP) is 2.58. The van der Waals surface area contributed by atoms with Gasteiger partial charge in [-0.2, -0.15) is 0 Å². The first-order valence-electron chi connectivity index (χ1n) is 6.56. The number of amides is 3. The summed E-state index contributed by atoms with van der Waals surface area (Å²) in [6.45, 7) is 0. The molecule has 3 amide bonds. The number of hydrogen-bond donors (Lipinski definition) is 3. The smallest absolute Gasteiger partial charge is 0.312 e. The van der Waals surface area contributed by atoms with Crippen LogP contribution < -0.4 is 16.4 Å². The standard InChI is InChI=1S/C15H15BrN4O2/c16-11-4-1-3-10(7-11)13(20-15(17)22)8-14(21)19-12-5-2-6-18-9-12/h1-7,9,13H,8H2,(H,19,21)(H3,17,20,22)/t13-/m1/s1. The van der Waals surface area contributed by atoms with Gasteiger partial charge >= 0.3 is 6.03 Å². The van der Waals surface area contributed by atoms with Crippen molar-refractivity contribution in [1.82, 2.24) is 10.3 Å². The molecule has 4 N–H and O–H groups in total. The van der Waals surface area contributed by atoms with Gasteiger partial charge in [-0.25, -0.2) is 4.79 Å². The van der Waals surface area contributed by atoms with Crippen LogP contribution in [0.15, 0.2) is 53.3 Å². The van der Waals surface area contributed by atoms with Gasteiger partial charge in [-0.3, -0.25) is 9.78 Å². The van der Waals surface area contributed by atoms with E-state index in [4.69, 9.17) is 5.73 Å². The van der Waals surface area contributed by atoms with Gasteiger partial charge in [0, 0.05) is 10.7 Å². The third-order valence-corrected chi connectivity index (χ3v) is 3.40. The quantitative estimate of drug-likeness (QED) is 0.762. The summed E-state index contributed by atoms with van der Waals surface area (Å²) in [5.41, 5.74) is 6.58. The van der Waals surface area contributed by atoms with E-state index >= 15 is 0 Å². The second-order valence-electron chi connectivity index (χ2n) is 4.61. The highest BCUT2D eigenvalue weighted by Gasteiger charge is 2.17. The van der Waals surface area contributed by atoms with Crippen molar-refractivity contribution < 1.29 is 9.59 Å². The number of urea groups is 1. The maximum absolute atomic E-state index is 12.1. The number of rotatable bonds is 5. The maximum Gasteiger partial charge on any atom is 0.312 e. The van der Waals surface area contributed by atoms with E-state index in [9.17, 15) is 9.59 Å². The molecule has 1 aromatic heterocycles. The number of hydrogen-bond acceptors (Lipinski definition) is 3. The summed E-state index contributed by atoms with van der Waals surface area (Å²) in [5, 5.41) is 5.31. The first-order valence-corrected chi connectivity index (χ1v) is 7.35. The van der Waals surface area contributed by atoms with Crippen LogP contribution in [-0.4, -0.2) is 16.9 Å². The second kappa shape index (κ2) is 7.56.